The molecule has 0 spiro atoms. The number of likely N-dealkylation sites (tertiary alicyclic amines) is 1. The van der Waals surface area contributed by atoms with Crippen LogP contribution in [0.4, 0.5) is 5.82 Å². The molecule has 0 bridgehead atoms. The fourth-order valence-electron chi connectivity index (χ4n) is 2.97. The van der Waals surface area contributed by atoms with Crippen molar-refractivity contribution in [3.63, 3.8) is 0 Å². The Bertz CT molecular complexity index is 668. The molecule has 24 heavy (non-hydrogen) atoms. The molecule has 1 atom stereocenters. The number of carbonyl (C=O) groups is 1. The van der Waals surface area contributed by atoms with Crippen LogP contribution in [0.2, 0.25) is 0 Å². The molecule has 1 aliphatic heterocycles. The van der Waals surface area contributed by atoms with Crippen LogP contribution in [0.3, 0.4) is 0 Å². The molecule has 1 aliphatic rings. The normalized spacial score (nSPS) is 15.3. The molecule has 5 heteroatoms. The third-order valence-corrected chi connectivity index (χ3v) is 4.35. The lowest BCUT2D eigenvalue weighted by Crippen LogP contribution is -2.29. The minimum absolute atomic E-state index is 0.0133. The third kappa shape index (κ3) is 4.31. The van der Waals surface area contributed by atoms with Crippen LogP contribution in [0.1, 0.15) is 42.2 Å². The first kappa shape index (κ1) is 16.4. The zero-order valence-electron chi connectivity index (χ0n) is 14.1. The van der Waals surface area contributed by atoms with E-state index in [1.54, 1.807) is 12.4 Å². The number of aromatic nitrogens is 2. The molecule has 0 saturated carbocycles. The summed E-state index contributed by atoms with van der Waals surface area (Å²) >= 11 is 0. The van der Waals surface area contributed by atoms with E-state index in [0.29, 0.717) is 11.5 Å². The van der Waals surface area contributed by atoms with E-state index < -0.39 is 0 Å². The number of carbonyl (C=O) groups excluding carboxylic acids is 1. The molecule has 1 fully saturated rings. The molecular formula is C19H24N4O. The van der Waals surface area contributed by atoms with Gasteiger partial charge in [-0.25, -0.2) is 4.98 Å². The Balaban J connectivity index is 1.56. The highest BCUT2D eigenvalue weighted by Crippen LogP contribution is 2.13. The molecule has 1 aromatic heterocycles. The van der Waals surface area contributed by atoms with Crippen molar-refractivity contribution in [3.8, 4) is 0 Å². The van der Waals surface area contributed by atoms with Crippen molar-refractivity contribution in [2.45, 2.75) is 38.6 Å². The second-order valence-corrected chi connectivity index (χ2v) is 6.36. The maximum Gasteiger partial charge on any atom is 0.274 e. The summed E-state index contributed by atoms with van der Waals surface area (Å²) in [5.74, 6) is 0.654. The zero-order chi connectivity index (χ0) is 16.8. The molecule has 2 aromatic rings. The number of hydrogen-bond acceptors (Lipinski definition) is 4. The van der Waals surface area contributed by atoms with Gasteiger partial charge in [0.05, 0.1) is 12.4 Å². The molecule has 1 unspecified atom stereocenters. The first-order valence-corrected chi connectivity index (χ1v) is 8.64. The monoisotopic (exact) mass is 324 g/mol. The van der Waals surface area contributed by atoms with Gasteiger partial charge in [0.1, 0.15) is 11.5 Å². The first-order chi connectivity index (χ1) is 11.7. The topological polar surface area (TPSA) is 58.1 Å². The lowest BCUT2D eigenvalue weighted by molar-refractivity contribution is 0.0786. The number of nitrogens with one attached hydrogen (secondary N) is 1. The SMILES string of the molecule is CC(CCc1ccccc1)Nc1cncc(C(=O)N2CCCC2)n1. The number of anilines is 1. The van der Waals surface area contributed by atoms with Gasteiger partial charge in [0.15, 0.2) is 0 Å². The smallest absolute Gasteiger partial charge is 0.274 e. The Morgan fingerprint density at radius 1 is 1.21 bits per heavy atom. The fraction of sp³-hybridized carbons (Fsp3) is 0.421. The molecule has 3 rings (SSSR count). The van der Waals surface area contributed by atoms with Gasteiger partial charge in [0, 0.05) is 19.1 Å². The molecule has 1 aromatic carbocycles. The second kappa shape index (κ2) is 7.90. The predicted octanol–water partition coefficient (Wildman–Crippen LogP) is 3.15. The van der Waals surface area contributed by atoms with E-state index in [1.165, 1.54) is 5.56 Å². The summed E-state index contributed by atoms with van der Waals surface area (Å²) in [5.41, 5.74) is 1.76. The highest BCUT2D eigenvalue weighted by molar-refractivity contribution is 5.92. The molecule has 126 valence electrons. The summed E-state index contributed by atoms with van der Waals surface area (Å²) in [7, 11) is 0. The molecular weight excluding hydrogens is 300 g/mol. The van der Waals surface area contributed by atoms with Crippen molar-refractivity contribution in [1.29, 1.82) is 0 Å². The maximum absolute atomic E-state index is 12.4. The van der Waals surface area contributed by atoms with E-state index in [1.807, 2.05) is 11.0 Å². The van der Waals surface area contributed by atoms with Crippen LogP contribution in [-0.2, 0) is 6.42 Å². The van der Waals surface area contributed by atoms with Crippen LogP contribution in [0, 0.1) is 0 Å². The van der Waals surface area contributed by atoms with Crippen LogP contribution in [-0.4, -0.2) is 39.9 Å². The van der Waals surface area contributed by atoms with Crippen molar-refractivity contribution in [2.24, 2.45) is 0 Å². The standard InChI is InChI=1S/C19H24N4O/c1-15(9-10-16-7-3-2-4-8-16)21-18-14-20-13-17(22-18)19(24)23-11-5-6-12-23/h2-4,7-8,13-15H,5-6,9-12H2,1H3,(H,21,22). The third-order valence-electron chi connectivity index (χ3n) is 4.35. The predicted molar refractivity (Wildman–Crippen MR) is 95.0 cm³/mol. The van der Waals surface area contributed by atoms with Crippen molar-refractivity contribution in [2.75, 3.05) is 18.4 Å². The summed E-state index contributed by atoms with van der Waals surface area (Å²) < 4.78 is 0. The number of rotatable bonds is 6. The number of amides is 1. The van der Waals surface area contributed by atoms with Gasteiger partial charge >= 0.3 is 0 Å². The molecule has 0 aliphatic carbocycles. The first-order valence-electron chi connectivity index (χ1n) is 8.64. The molecule has 5 nitrogen and oxygen atoms in total. The summed E-state index contributed by atoms with van der Waals surface area (Å²) in [5, 5.41) is 3.35. The Kier molecular flexibility index (Phi) is 5.41. The Morgan fingerprint density at radius 3 is 2.71 bits per heavy atom. The molecule has 1 amide bonds. The fourth-order valence-corrected chi connectivity index (χ4v) is 2.97. The molecule has 2 heterocycles. The van der Waals surface area contributed by atoms with E-state index in [0.717, 1.165) is 38.8 Å². The Hall–Kier alpha value is -2.43. The van der Waals surface area contributed by atoms with Gasteiger partial charge in [0.2, 0.25) is 0 Å². The highest BCUT2D eigenvalue weighted by Gasteiger charge is 2.21. The van der Waals surface area contributed by atoms with Gasteiger partial charge in [0.25, 0.3) is 5.91 Å². The van der Waals surface area contributed by atoms with Crippen LogP contribution >= 0.6 is 0 Å². The summed E-state index contributed by atoms with van der Waals surface area (Å²) in [6, 6.07) is 10.7. The number of benzene rings is 1. The zero-order valence-corrected chi connectivity index (χ0v) is 14.1. The van der Waals surface area contributed by atoms with Gasteiger partial charge in [-0.05, 0) is 38.2 Å². The van der Waals surface area contributed by atoms with Gasteiger partial charge in [-0.3, -0.25) is 9.78 Å². The number of nitrogens with zero attached hydrogens (tertiary/aromatic N) is 3. The minimum atomic E-state index is -0.0133. The van der Waals surface area contributed by atoms with Crippen LogP contribution in [0.15, 0.2) is 42.7 Å². The van der Waals surface area contributed by atoms with Crippen molar-refractivity contribution in [1.82, 2.24) is 14.9 Å². The van der Waals surface area contributed by atoms with E-state index >= 15 is 0 Å². The molecule has 1 N–H and O–H groups in total. The van der Waals surface area contributed by atoms with E-state index in [9.17, 15) is 4.79 Å². The van der Waals surface area contributed by atoms with Crippen LogP contribution < -0.4 is 5.32 Å². The summed E-state index contributed by atoms with van der Waals surface area (Å²) in [6.45, 7) is 3.77. The largest absolute Gasteiger partial charge is 0.366 e. The second-order valence-electron chi connectivity index (χ2n) is 6.36. The van der Waals surface area contributed by atoms with Gasteiger partial charge in [-0.2, -0.15) is 0 Å². The van der Waals surface area contributed by atoms with Crippen LogP contribution in [0.5, 0.6) is 0 Å². The Labute approximate surface area is 143 Å². The van der Waals surface area contributed by atoms with E-state index in [2.05, 4.69) is 46.5 Å². The van der Waals surface area contributed by atoms with Crippen LogP contribution in [0.25, 0.3) is 0 Å². The van der Waals surface area contributed by atoms with Gasteiger partial charge < -0.3 is 10.2 Å². The van der Waals surface area contributed by atoms with E-state index in [-0.39, 0.29) is 11.9 Å². The van der Waals surface area contributed by atoms with Gasteiger partial charge in [-0.1, -0.05) is 30.3 Å². The number of hydrogen-bond donors (Lipinski definition) is 1. The van der Waals surface area contributed by atoms with Crippen molar-refractivity contribution in [3.05, 3.63) is 54.0 Å². The lowest BCUT2D eigenvalue weighted by atomic mass is 10.1. The highest BCUT2D eigenvalue weighted by atomic mass is 16.2. The Morgan fingerprint density at radius 2 is 1.96 bits per heavy atom. The summed E-state index contributed by atoms with van der Waals surface area (Å²) in [6.07, 6.45) is 7.40. The lowest BCUT2D eigenvalue weighted by Gasteiger charge is -2.17. The van der Waals surface area contributed by atoms with E-state index in [4.69, 9.17) is 0 Å². The maximum atomic E-state index is 12.4. The molecule has 0 radical (unpaired) electrons. The minimum Gasteiger partial charge on any atom is -0.366 e. The van der Waals surface area contributed by atoms with Gasteiger partial charge in [-0.15, -0.1) is 0 Å². The average molecular weight is 324 g/mol. The van der Waals surface area contributed by atoms with Crippen molar-refractivity contribution < 1.29 is 4.79 Å². The molecule has 1 saturated heterocycles. The average Bonchev–Trinajstić information content (AvgIpc) is 3.15. The van der Waals surface area contributed by atoms with Crippen molar-refractivity contribution >= 4 is 11.7 Å². The summed E-state index contributed by atoms with van der Waals surface area (Å²) in [4.78, 5) is 22.9. The quantitative estimate of drug-likeness (QED) is 0.887. The number of aryl methyl sites for hydroxylation is 1.